The highest BCUT2D eigenvalue weighted by atomic mass is 16.2. The number of hydrogen-bond acceptors (Lipinski definition) is 2. The van der Waals surface area contributed by atoms with Gasteiger partial charge in [-0.1, -0.05) is 36.8 Å². The van der Waals surface area contributed by atoms with Gasteiger partial charge < -0.3 is 9.80 Å². The largest absolute Gasteiger partial charge is 0.333 e. The lowest BCUT2D eigenvalue weighted by Gasteiger charge is -2.38. The van der Waals surface area contributed by atoms with Crippen LogP contribution in [-0.2, 0) is 11.3 Å². The Bertz CT molecular complexity index is 568. The van der Waals surface area contributed by atoms with Crippen molar-refractivity contribution in [1.82, 2.24) is 9.80 Å². The summed E-state index contributed by atoms with van der Waals surface area (Å²) >= 11 is 0. The number of hydrogen-bond donors (Lipinski definition) is 0. The molecule has 2 aliphatic rings. The highest BCUT2D eigenvalue weighted by molar-refractivity contribution is 5.79. The van der Waals surface area contributed by atoms with Crippen molar-refractivity contribution in [2.75, 3.05) is 13.1 Å². The molecule has 0 radical (unpaired) electrons. The van der Waals surface area contributed by atoms with Crippen molar-refractivity contribution in [3.63, 3.8) is 0 Å². The molecule has 3 nitrogen and oxygen atoms in total. The molecule has 132 valence electrons. The van der Waals surface area contributed by atoms with Gasteiger partial charge in [-0.2, -0.15) is 0 Å². The molecule has 0 aromatic heterocycles. The maximum absolute atomic E-state index is 12.6. The predicted molar refractivity (Wildman–Crippen MR) is 98.9 cm³/mol. The first kappa shape index (κ1) is 17.5. The molecule has 0 N–H and O–H groups in total. The summed E-state index contributed by atoms with van der Waals surface area (Å²) in [6.07, 6.45) is 6.49. The number of carbonyl (C=O) groups excluding carboxylic acids is 1. The molecule has 2 aliphatic heterocycles. The zero-order valence-electron chi connectivity index (χ0n) is 15.6. The van der Waals surface area contributed by atoms with Gasteiger partial charge in [-0.3, -0.25) is 4.79 Å². The third-order valence-electron chi connectivity index (χ3n) is 6.31. The van der Waals surface area contributed by atoms with Crippen LogP contribution in [0.25, 0.3) is 0 Å². The van der Waals surface area contributed by atoms with E-state index in [-0.39, 0.29) is 5.54 Å². The fraction of sp³-hybridized carbons (Fsp3) is 0.667. The normalized spacial score (nSPS) is 26.8. The minimum atomic E-state index is 0.101. The van der Waals surface area contributed by atoms with Gasteiger partial charge in [0.25, 0.3) is 0 Å². The van der Waals surface area contributed by atoms with Gasteiger partial charge in [0.15, 0.2) is 0 Å². The van der Waals surface area contributed by atoms with E-state index in [4.69, 9.17) is 0 Å². The van der Waals surface area contributed by atoms with Gasteiger partial charge in [0, 0.05) is 31.1 Å². The Balaban J connectivity index is 1.75. The molecule has 0 aliphatic carbocycles. The maximum Gasteiger partial charge on any atom is 0.223 e. The van der Waals surface area contributed by atoms with Crippen LogP contribution in [0.5, 0.6) is 0 Å². The van der Waals surface area contributed by atoms with Crippen molar-refractivity contribution in [2.24, 2.45) is 0 Å². The molecule has 1 aromatic rings. The molecular formula is C21H32N2O. The quantitative estimate of drug-likeness (QED) is 0.829. The number of benzene rings is 1. The van der Waals surface area contributed by atoms with E-state index in [9.17, 15) is 4.79 Å². The van der Waals surface area contributed by atoms with Crippen LogP contribution >= 0.6 is 0 Å². The van der Waals surface area contributed by atoms with Gasteiger partial charge in [0.05, 0.1) is 0 Å². The lowest BCUT2D eigenvalue weighted by Crippen LogP contribution is -2.46. The minimum absolute atomic E-state index is 0.101. The Morgan fingerprint density at radius 2 is 1.88 bits per heavy atom. The first-order valence-corrected chi connectivity index (χ1v) is 9.64. The lowest BCUT2D eigenvalue weighted by atomic mass is 9.87. The van der Waals surface area contributed by atoms with E-state index >= 15 is 0 Å². The fourth-order valence-corrected chi connectivity index (χ4v) is 4.42. The van der Waals surface area contributed by atoms with E-state index in [0.29, 0.717) is 11.9 Å². The monoisotopic (exact) mass is 328 g/mol. The second kappa shape index (κ2) is 7.26. The molecule has 0 saturated carbocycles. The number of nitrogens with zero attached hydrogens (tertiary/aromatic N) is 2. The number of carbonyl (C=O) groups is 1. The highest BCUT2D eigenvalue weighted by Gasteiger charge is 2.45. The second-order valence-electron chi connectivity index (χ2n) is 7.84. The Kier molecular flexibility index (Phi) is 5.29. The summed E-state index contributed by atoms with van der Waals surface area (Å²) in [6.45, 7) is 9.81. The number of aryl methyl sites for hydroxylation is 1. The van der Waals surface area contributed by atoms with Crippen LogP contribution in [-0.4, -0.2) is 40.4 Å². The van der Waals surface area contributed by atoms with Crippen LogP contribution in [0.2, 0.25) is 0 Å². The molecule has 3 rings (SSSR count). The molecule has 1 amide bonds. The molecule has 1 aromatic carbocycles. The summed E-state index contributed by atoms with van der Waals surface area (Å²) in [6, 6.07) is 9.32. The molecule has 0 bridgehead atoms. The van der Waals surface area contributed by atoms with Crippen molar-refractivity contribution < 1.29 is 4.79 Å². The van der Waals surface area contributed by atoms with Crippen LogP contribution in [0.15, 0.2) is 24.3 Å². The van der Waals surface area contributed by atoms with E-state index in [0.717, 1.165) is 38.8 Å². The molecule has 2 heterocycles. The average molecular weight is 329 g/mol. The average Bonchev–Trinajstić information content (AvgIpc) is 2.76. The van der Waals surface area contributed by atoms with Gasteiger partial charge in [0.2, 0.25) is 5.91 Å². The number of amides is 1. The molecule has 2 fully saturated rings. The zero-order valence-corrected chi connectivity index (χ0v) is 15.6. The Morgan fingerprint density at radius 1 is 1.12 bits per heavy atom. The third kappa shape index (κ3) is 3.51. The first-order valence-electron chi connectivity index (χ1n) is 9.64. The van der Waals surface area contributed by atoms with Gasteiger partial charge in [0.1, 0.15) is 0 Å². The van der Waals surface area contributed by atoms with Crippen molar-refractivity contribution in [2.45, 2.75) is 77.4 Å². The minimum Gasteiger partial charge on any atom is -0.333 e. The SMILES string of the molecule is CC[C@@H](C)N1CCC[C@]2(CCC(=O)N2Cc2ccc(C)cc2)CC1. The summed E-state index contributed by atoms with van der Waals surface area (Å²) in [5.74, 6) is 0.354. The molecule has 0 unspecified atom stereocenters. The Hall–Kier alpha value is -1.35. The van der Waals surface area contributed by atoms with Crippen LogP contribution in [0, 0.1) is 6.92 Å². The van der Waals surface area contributed by atoms with E-state index < -0.39 is 0 Å². The van der Waals surface area contributed by atoms with Crippen LogP contribution in [0.4, 0.5) is 0 Å². The fourth-order valence-electron chi connectivity index (χ4n) is 4.42. The van der Waals surface area contributed by atoms with Crippen molar-refractivity contribution in [1.29, 1.82) is 0 Å². The topological polar surface area (TPSA) is 23.6 Å². The predicted octanol–water partition coefficient (Wildman–Crippen LogP) is 4.14. The Morgan fingerprint density at radius 3 is 2.58 bits per heavy atom. The molecule has 2 saturated heterocycles. The second-order valence-corrected chi connectivity index (χ2v) is 7.84. The maximum atomic E-state index is 12.6. The summed E-state index contributed by atoms with van der Waals surface area (Å²) in [5, 5.41) is 0. The van der Waals surface area contributed by atoms with Crippen molar-refractivity contribution in [3.8, 4) is 0 Å². The van der Waals surface area contributed by atoms with Crippen molar-refractivity contribution >= 4 is 5.91 Å². The summed E-state index contributed by atoms with van der Waals surface area (Å²) in [5.41, 5.74) is 2.64. The van der Waals surface area contributed by atoms with Gasteiger partial charge >= 0.3 is 0 Å². The first-order chi connectivity index (χ1) is 11.5. The van der Waals surface area contributed by atoms with E-state index in [2.05, 4.69) is 54.8 Å². The van der Waals surface area contributed by atoms with Crippen LogP contribution in [0.3, 0.4) is 0 Å². The molecule has 24 heavy (non-hydrogen) atoms. The van der Waals surface area contributed by atoms with Gasteiger partial charge in [-0.15, -0.1) is 0 Å². The Labute approximate surface area is 147 Å². The van der Waals surface area contributed by atoms with Gasteiger partial charge in [-0.25, -0.2) is 0 Å². The van der Waals surface area contributed by atoms with Crippen LogP contribution in [0.1, 0.15) is 63.5 Å². The molecule has 2 atom stereocenters. The third-order valence-corrected chi connectivity index (χ3v) is 6.31. The van der Waals surface area contributed by atoms with E-state index in [1.54, 1.807) is 0 Å². The lowest BCUT2D eigenvalue weighted by molar-refractivity contribution is -0.132. The summed E-state index contributed by atoms with van der Waals surface area (Å²) in [4.78, 5) is 17.5. The standard InChI is InChI=1S/C21H32N2O/c1-4-18(3)22-14-5-11-21(13-15-22)12-10-20(24)23(21)16-19-8-6-17(2)7-9-19/h6-9,18H,4-5,10-16H2,1-3H3/t18-,21+/m1/s1. The van der Waals surface area contributed by atoms with Gasteiger partial charge in [-0.05, 0) is 58.1 Å². The summed E-state index contributed by atoms with van der Waals surface area (Å²) < 4.78 is 0. The highest BCUT2D eigenvalue weighted by Crippen LogP contribution is 2.40. The van der Waals surface area contributed by atoms with E-state index in [1.807, 2.05) is 0 Å². The summed E-state index contributed by atoms with van der Waals surface area (Å²) in [7, 11) is 0. The number of likely N-dealkylation sites (tertiary alicyclic amines) is 2. The molecular weight excluding hydrogens is 296 g/mol. The van der Waals surface area contributed by atoms with Crippen LogP contribution < -0.4 is 0 Å². The smallest absolute Gasteiger partial charge is 0.223 e. The van der Waals surface area contributed by atoms with Crippen molar-refractivity contribution in [3.05, 3.63) is 35.4 Å². The zero-order chi connectivity index (χ0) is 17.2. The molecule has 3 heteroatoms. The molecule has 1 spiro atoms. The van der Waals surface area contributed by atoms with E-state index in [1.165, 1.54) is 30.5 Å². The number of rotatable bonds is 4.